The Balaban J connectivity index is 2.82. The van der Waals surface area contributed by atoms with Crippen molar-refractivity contribution in [2.75, 3.05) is 20.8 Å². The second-order valence-electron chi connectivity index (χ2n) is 3.65. The molecule has 1 aromatic rings. The van der Waals surface area contributed by atoms with Gasteiger partial charge < -0.3 is 20.5 Å². The molecule has 0 saturated heterocycles. The summed E-state index contributed by atoms with van der Waals surface area (Å²) in [4.78, 5) is 21.2. The van der Waals surface area contributed by atoms with Crippen LogP contribution in [0, 0.1) is 10.1 Å². The maximum atomic E-state index is 11.0. The summed E-state index contributed by atoms with van der Waals surface area (Å²) in [6.07, 6.45) is 0. The average Bonchev–Trinajstić information content (AvgIpc) is 2.38. The van der Waals surface area contributed by atoms with Gasteiger partial charge in [0.05, 0.1) is 18.1 Å². The zero-order valence-corrected chi connectivity index (χ0v) is 10.6. The quantitative estimate of drug-likeness (QED) is 0.533. The third-order valence-corrected chi connectivity index (χ3v) is 2.46. The molecule has 1 amide bonds. The molecule has 1 aromatic carbocycles. The number of nitrogens with zero attached hydrogens (tertiary/aromatic N) is 1. The fourth-order valence-electron chi connectivity index (χ4n) is 1.39. The first-order chi connectivity index (χ1) is 8.99. The van der Waals surface area contributed by atoms with Crippen LogP contribution >= 0.6 is 0 Å². The normalized spacial score (nSPS) is 11.7. The molecular weight excluding hydrogens is 254 g/mol. The number of nitro benzene ring substituents is 1. The zero-order valence-electron chi connectivity index (χ0n) is 10.6. The molecule has 0 spiro atoms. The Morgan fingerprint density at radius 3 is 2.74 bits per heavy atom. The van der Waals surface area contributed by atoms with Gasteiger partial charge >= 0.3 is 5.69 Å². The lowest BCUT2D eigenvalue weighted by Crippen LogP contribution is -2.43. The summed E-state index contributed by atoms with van der Waals surface area (Å²) in [5.74, 6) is -0.170. The van der Waals surface area contributed by atoms with Crippen molar-refractivity contribution in [2.24, 2.45) is 5.73 Å². The van der Waals surface area contributed by atoms with E-state index in [1.54, 1.807) is 7.05 Å². The molecule has 0 heterocycles. The molecule has 8 nitrogen and oxygen atoms in total. The number of nitro groups is 1. The van der Waals surface area contributed by atoms with Gasteiger partial charge in [-0.05, 0) is 19.2 Å². The summed E-state index contributed by atoms with van der Waals surface area (Å²) in [5, 5.41) is 13.5. The van der Waals surface area contributed by atoms with Crippen molar-refractivity contribution in [2.45, 2.75) is 6.04 Å². The molecular formula is C11H15N3O5. The summed E-state index contributed by atoms with van der Waals surface area (Å²) < 4.78 is 10.2. The maximum Gasteiger partial charge on any atom is 0.314 e. The van der Waals surface area contributed by atoms with Crippen LogP contribution in [0.25, 0.3) is 0 Å². The standard InChI is InChI=1S/C11H15N3O5/c1-13-8(11(12)15)6-19-7-3-4-10(18-2)9(5-7)14(16)17/h3-5,8,13H,6H2,1-2H3,(H2,12,15). The summed E-state index contributed by atoms with van der Waals surface area (Å²) in [6.45, 7) is -0.0185. The summed E-state index contributed by atoms with van der Waals surface area (Å²) in [6, 6.07) is 3.50. The van der Waals surface area contributed by atoms with Crippen LogP contribution in [0.3, 0.4) is 0 Å². The topological polar surface area (TPSA) is 117 Å². The first kappa shape index (κ1) is 14.7. The maximum absolute atomic E-state index is 11.0. The second kappa shape index (κ2) is 6.55. The molecule has 1 rings (SSSR count). The minimum Gasteiger partial charge on any atom is -0.491 e. The molecule has 0 aromatic heterocycles. The molecule has 0 radical (unpaired) electrons. The minimum absolute atomic E-state index is 0.0185. The number of rotatable bonds is 7. The molecule has 3 N–H and O–H groups in total. The second-order valence-corrected chi connectivity index (χ2v) is 3.65. The number of primary amides is 1. The third kappa shape index (κ3) is 3.81. The van der Waals surface area contributed by atoms with Gasteiger partial charge in [0.1, 0.15) is 18.4 Å². The van der Waals surface area contributed by atoms with Crippen LogP contribution in [0.1, 0.15) is 0 Å². The number of hydrogen-bond acceptors (Lipinski definition) is 6. The molecule has 0 aliphatic carbocycles. The van der Waals surface area contributed by atoms with E-state index in [-0.39, 0.29) is 23.8 Å². The lowest BCUT2D eigenvalue weighted by molar-refractivity contribution is -0.385. The summed E-state index contributed by atoms with van der Waals surface area (Å²) in [7, 11) is 2.91. The fourth-order valence-corrected chi connectivity index (χ4v) is 1.39. The predicted molar refractivity (Wildman–Crippen MR) is 67.2 cm³/mol. The van der Waals surface area contributed by atoms with Gasteiger partial charge in [0.2, 0.25) is 5.91 Å². The van der Waals surface area contributed by atoms with Gasteiger partial charge in [-0.15, -0.1) is 0 Å². The highest BCUT2D eigenvalue weighted by Gasteiger charge is 2.17. The van der Waals surface area contributed by atoms with Crippen molar-refractivity contribution >= 4 is 11.6 Å². The van der Waals surface area contributed by atoms with Crippen LogP contribution in [0.5, 0.6) is 11.5 Å². The van der Waals surface area contributed by atoms with E-state index in [0.717, 1.165) is 0 Å². The van der Waals surface area contributed by atoms with E-state index in [1.165, 1.54) is 25.3 Å². The lowest BCUT2D eigenvalue weighted by Gasteiger charge is -2.13. The van der Waals surface area contributed by atoms with Crippen molar-refractivity contribution in [3.05, 3.63) is 28.3 Å². The van der Waals surface area contributed by atoms with Gasteiger partial charge in [0, 0.05) is 0 Å². The number of benzene rings is 1. The van der Waals surface area contributed by atoms with Gasteiger partial charge in [-0.3, -0.25) is 14.9 Å². The Morgan fingerprint density at radius 1 is 1.58 bits per heavy atom. The number of amides is 1. The molecule has 0 bridgehead atoms. The number of carbonyl (C=O) groups excluding carboxylic acids is 1. The van der Waals surface area contributed by atoms with Gasteiger partial charge in [0.25, 0.3) is 0 Å². The Bertz CT molecular complexity index is 477. The lowest BCUT2D eigenvalue weighted by atomic mass is 10.2. The fraction of sp³-hybridized carbons (Fsp3) is 0.364. The molecule has 0 aliphatic rings. The number of nitrogens with one attached hydrogen (secondary N) is 1. The number of methoxy groups -OCH3 is 1. The highest BCUT2D eigenvalue weighted by atomic mass is 16.6. The number of ether oxygens (including phenoxy) is 2. The Labute approximate surface area is 109 Å². The minimum atomic E-state index is -0.666. The summed E-state index contributed by atoms with van der Waals surface area (Å²) >= 11 is 0. The third-order valence-electron chi connectivity index (χ3n) is 2.46. The largest absolute Gasteiger partial charge is 0.491 e. The number of nitrogens with two attached hydrogens (primary N) is 1. The van der Waals surface area contributed by atoms with Gasteiger partial charge in [-0.25, -0.2) is 0 Å². The Hall–Kier alpha value is -2.35. The van der Waals surface area contributed by atoms with E-state index in [0.29, 0.717) is 0 Å². The number of carbonyl (C=O) groups is 1. The smallest absolute Gasteiger partial charge is 0.314 e. The van der Waals surface area contributed by atoms with Crippen LogP contribution in [0.2, 0.25) is 0 Å². The predicted octanol–water partition coefficient (Wildman–Crippen LogP) is 0.0555. The first-order valence-corrected chi connectivity index (χ1v) is 5.41. The molecule has 1 atom stereocenters. The molecule has 104 valence electrons. The average molecular weight is 269 g/mol. The van der Waals surface area contributed by atoms with Gasteiger partial charge in [-0.1, -0.05) is 0 Å². The van der Waals surface area contributed by atoms with Crippen molar-refractivity contribution in [3.8, 4) is 11.5 Å². The van der Waals surface area contributed by atoms with Crippen molar-refractivity contribution in [1.29, 1.82) is 0 Å². The van der Waals surface area contributed by atoms with E-state index < -0.39 is 16.9 Å². The van der Waals surface area contributed by atoms with E-state index in [2.05, 4.69) is 5.32 Å². The first-order valence-electron chi connectivity index (χ1n) is 5.41. The van der Waals surface area contributed by atoms with Crippen molar-refractivity contribution in [3.63, 3.8) is 0 Å². The highest BCUT2D eigenvalue weighted by molar-refractivity contribution is 5.80. The summed E-state index contributed by atoms with van der Waals surface area (Å²) in [5.41, 5.74) is 4.92. The molecule has 1 unspecified atom stereocenters. The Morgan fingerprint density at radius 2 is 2.26 bits per heavy atom. The van der Waals surface area contributed by atoms with E-state index in [1.807, 2.05) is 0 Å². The Kier molecular flexibility index (Phi) is 5.07. The number of likely N-dealkylation sites (N-methyl/N-ethyl adjacent to an activating group) is 1. The van der Waals surface area contributed by atoms with E-state index in [4.69, 9.17) is 15.2 Å². The van der Waals surface area contributed by atoms with Gasteiger partial charge in [0.15, 0.2) is 5.75 Å². The molecule has 19 heavy (non-hydrogen) atoms. The van der Waals surface area contributed by atoms with Crippen molar-refractivity contribution in [1.82, 2.24) is 5.32 Å². The van der Waals surface area contributed by atoms with Crippen LogP contribution in [0.4, 0.5) is 5.69 Å². The molecule has 0 aliphatic heterocycles. The van der Waals surface area contributed by atoms with Gasteiger partial charge in [-0.2, -0.15) is 0 Å². The highest BCUT2D eigenvalue weighted by Crippen LogP contribution is 2.30. The van der Waals surface area contributed by atoms with Crippen molar-refractivity contribution < 1.29 is 19.2 Å². The molecule has 0 fully saturated rings. The van der Waals surface area contributed by atoms with E-state index in [9.17, 15) is 14.9 Å². The van der Waals surface area contributed by atoms with Crippen LogP contribution in [-0.4, -0.2) is 37.6 Å². The van der Waals surface area contributed by atoms with Crippen LogP contribution in [-0.2, 0) is 4.79 Å². The molecule has 8 heteroatoms. The van der Waals surface area contributed by atoms with Crippen LogP contribution in [0.15, 0.2) is 18.2 Å². The zero-order chi connectivity index (χ0) is 14.4. The molecule has 0 saturated carbocycles. The number of hydrogen-bond donors (Lipinski definition) is 2. The SMILES string of the molecule is CNC(COc1ccc(OC)c([N+](=O)[O-])c1)C(N)=O. The van der Waals surface area contributed by atoms with E-state index >= 15 is 0 Å². The monoisotopic (exact) mass is 269 g/mol. The van der Waals surface area contributed by atoms with Crippen LogP contribution < -0.4 is 20.5 Å².